The molecule has 0 bridgehead atoms. The molecule has 1 aromatic carbocycles. The molecular weight excluding hydrogens is 368 g/mol. The zero-order chi connectivity index (χ0) is 22.0. The Bertz CT molecular complexity index is 646. The fraction of sp³-hybridized carbons (Fsp3) is 0.652. The summed E-state index contributed by atoms with van der Waals surface area (Å²) in [6.07, 6.45) is 1.24. The molecule has 0 heterocycles. The number of carbonyl (C=O) groups is 2. The maximum Gasteiger partial charge on any atom is 0.412 e. The molecule has 0 aliphatic carbocycles. The number of hydrogen-bond acceptors (Lipinski definition) is 4. The van der Waals surface area contributed by atoms with Gasteiger partial charge in [-0.05, 0) is 68.3 Å². The molecule has 0 spiro atoms. The Labute approximate surface area is 175 Å². The number of carboxylic acid groups (broad SMARTS) is 1. The van der Waals surface area contributed by atoms with Crippen LogP contribution in [0, 0.1) is 17.8 Å². The van der Waals surface area contributed by atoms with Crippen molar-refractivity contribution in [3.63, 3.8) is 0 Å². The van der Waals surface area contributed by atoms with Gasteiger partial charge in [-0.3, -0.25) is 4.79 Å². The molecule has 0 aromatic heterocycles. The lowest BCUT2D eigenvalue weighted by atomic mass is 9.85. The molecule has 0 saturated heterocycles. The molecule has 0 aliphatic rings. The second-order valence-corrected chi connectivity index (χ2v) is 8.69. The van der Waals surface area contributed by atoms with Gasteiger partial charge < -0.3 is 20.1 Å². The van der Waals surface area contributed by atoms with Crippen LogP contribution in [0.25, 0.3) is 0 Å². The van der Waals surface area contributed by atoms with E-state index in [4.69, 9.17) is 9.84 Å². The predicted octanol–water partition coefficient (Wildman–Crippen LogP) is 4.60. The van der Waals surface area contributed by atoms with E-state index in [1.807, 2.05) is 26.0 Å². The highest BCUT2D eigenvalue weighted by Crippen LogP contribution is 2.30. The van der Waals surface area contributed by atoms with Gasteiger partial charge in [-0.1, -0.05) is 39.8 Å². The molecule has 6 nitrogen and oxygen atoms in total. The van der Waals surface area contributed by atoms with Gasteiger partial charge in [0.15, 0.2) is 0 Å². The molecular formula is C23H38N2O4. The predicted molar refractivity (Wildman–Crippen MR) is 116 cm³/mol. The first-order valence-corrected chi connectivity index (χ1v) is 10.5. The van der Waals surface area contributed by atoms with Crippen molar-refractivity contribution in [3.05, 3.63) is 29.8 Å². The fourth-order valence-electron chi connectivity index (χ4n) is 4.00. The van der Waals surface area contributed by atoms with Crippen LogP contribution in [0.3, 0.4) is 0 Å². The number of amides is 1. The molecule has 1 unspecified atom stereocenters. The molecule has 6 heteroatoms. The van der Waals surface area contributed by atoms with E-state index in [1.54, 1.807) is 6.07 Å². The summed E-state index contributed by atoms with van der Waals surface area (Å²) in [5, 5.41) is 11.8. The van der Waals surface area contributed by atoms with Gasteiger partial charge in [-0.2, -0.15) is 0 Å². The number of nitrogens with zero attached hydrogens (tertiary/aromatic N) is 1. The minimum absolute atomic E-state index is 0.0376. The number of carboxylic acids is 1. The Kier molecular flexibility index (Phi) is 10.7. The van der Waals surface area contributed by atoms with Crippen molar-refractivity contribution in [1.29, 1.82) is 0 Å². The third-order valence-corrected chi connectivity index (χ3v) is 5.08. The Morgan fingerprint density at radius 1 is 1.21 bits per heavy atom. The Morgan fingerprint density at radius 2 is 1.90 bits per heavy atom. The summed E-state index contributed by atoms with van der Waals surface area (Å²) in [5.74, 6) is 0.777. The molecule has 0 aliphatic heterocycles. The lowest BCUT2D eigenvalue weighted by molar-refractivity contribution is -0.138. The molecule has 1 aromatic rings. The molecule has 1 rings (SSSR count). The second-order valence-electron chi connectivity index (χ2n) is 8.69. The Morgan fingerprint density at radius 3 is 2.45 bits per heavy atom. The zero-order valence-electron chi connectivity index (χ0n) is 18.8. The molecule has 164 valence electrons. The minimum atomic E-state index is -0.851. The SMILES string of the molecule is CC[C@H](c1cccc(OC(=O)NCC(CC(=O)O)CC(C)C)c1)[C@@H](C)CN(C)C. The van der Waals surface area contributed by atoms with E-state index in [0.29, 0.717) is 30.0 Å². The van der Waals surface area contributed by atoms with Crippen LogP contribution >= 0.6 is 0 Å². The third-order valence-electron chi connectivity index (χ3n) is 5.08. The Hall–Kier alpha value is -2.08. The quantitative estimate of drug-likeness (QED) is 0.530. The first-order valence-electron chi connectivity index (χ1n) is 10.5. The molecule has 1 amide bonds. The fourth-order valence-corrected chi connectivity index (χ4v) is 4.00. The summed E-state index contributed by atoms with van der Waals surface area (Å²) < 4.78 is 5.46. The first-order chi connectivity index (χ1) is 13.6. The van der Waals surface area contributed by atoms with Crippen LogP contribution in [0.5, 0.6) is 5.75 Å². The van der Waals surface area contributed by atoms with Gasteiger partial charge in [0.2, 0.25) is 0 Å². The maximum atomic E-state index is 12.2. The third kappa shape index (κ3) is 9.79. The van der Waals surface area contributed by atoms with Crippen LogP contribution in [-0.2, 0) is 4.79 Å². The molecule has 29 heavy (non-hydrogen) atoms. The highest BCUT2D eigenvalue weighted by molar-refractivity contribution is 5.71. The van der Waals surface area contributed by atoms with Crippen molar-refractivity contribution in [3.8, 4) is 5.75 Å². The van der Waals surface area contributed by atoms with Gasteiger partial charge in [0, 0.05) is 19.5 Å². The average molecular weight is 407 g/mol. The van der Waals surface area contributed by atoms with Gasteiger partial charge in [0.25, 0.3) is 0 Å². The van der Waals surface area contributed by atoms with Crippen molar-refractivity contribution < 1.29 is 19.4 Å². The highest BCUT2D eigenvalue weighted by Gasteiger charge is 2.20. The average Bonchev–Trinajstić information content (AvgIpc) is 2.59. The number of benzene rings is 1. The lowest BCUT2D eigenvalue weighted by Gasteiger charge is -2.26. The number of ether oxygens (including phenoxy) is 1. The normalized spacial score (nSPS) is 14.5. The second kappa shape index (κ2) is 12.5. The van der Waals surface area contributed by atoms with Gasteiger partial charge in [-0.15, -0.1) is 0 Å². The van der Waals surface area contributed by atoms with Crippen LogP contribution in [0.4, 0.5) is 4.79 Å². The van der Waals surface area contributed by atoms with Crippen LogP contribution in [-0.4, -0.2) is 49.3 Å². The van der Waals surface area contributed by atoms with Crippen LogP contribution in [0.2, 0.25) is 0 Å². The monoisotopic (exact) mass is 406 g/mol. The Balaban J connectivity index is 2.72. The maximum absolute atomic E-state index is 12.2. The zero-order valence-corrected chi connectivity index (χ0v) is 18.8. The summed E-state index contributed by atoms with van der Waals surface area (Å²) in [6, 6.07) is 7.70. The minimum Gasteiger partial charge on any atom is -0.481 e. The first kappa shape index (κ1) is 25.0. The summed E-state index contributed by atoms with van der Waals surface area (Å²) in [5.41, 5.74) is 1.16. The number of aliphatic carboxylic acids is 1. The van der Waals surface area contributed by atoms with Crippen molar-refractivity contribution in [2.24, 2.45) is 17.8 Å². The lowest BCUT2D eigenvalue weighted by Crippen LogP contribution is -2.33. The van der Waals surface area contributed by atoms with Crippen molar-refractivity contribution in [2.75, 3.05) is 27.2 Å². The van der Waals surface area contributed by atoms with Gasteiger partial charge >= 0.3 is 12.1 Å². The van der Waals surface area contributed by atoms with E-state index in [1.165, 1.54) is 0 Å². The van der Waals surface area contributed by atoms with E-state index in [9.17, 15) is 9.59 Å². The number of carbonyl (C=O) groups excluding carboxylic acids is 1. The molecule has 0 fully saturated rings. The standard InChI is InChI=1S/C23H38N2O4/c1-7-21(17(4)15-25(5)6)19-9-8-10-20(13-19)29-23(28)24-14-18(11-16(2)3)12-22(26)27/h8-10,13,16-18,21H,7,11-12,14-15H2,1-6H3,(H,24,28)(H,26,27)/t17-,18?,21-/m0/s1. The van der Waals surface area contributed by atoms with Crippen LogP contribution in [0.15, 0.2) is 24.3 Å². The van der Waals surface area contributed by atoms with E-state index in [-0.39, 0.29) is 12.3 Å². The van der Waals surface area contributed by atoms with Crippen LogP contribution < -0.4 is 10.1 Å². The van der Waals surface area contributed by atoms with Crippen molar-refractivity contribution in [1.82, 2.24) is 10.2 Å². The van der Waals surface area contributed by atoms with E-state index in [0.717, 1.165) is 24.9 Å². The molecule has 2 N–H and O–H groups in total. The summed E-state index contributed by atoms with van der Waals surface area (Å²) in [4.78, 5) is 25.4. The van der Waals surface area contributed by atoms with Gasteiger partial charge in [0.05, 0.1) is 0 Å². The van der Waals surface area contributed by atoms with Gasteiger partial charge in [0.1, 0.15) is 5.75 Å². The van der Waals surface area contributed by atoms with Crippen molar-refractivity contribution in [2.45, 2.75) is 52.9 Å². The van der Waals surface area contributed by atoms with E-state index in [2.05, 4.69) is 44.2 Å². The van der Waals surface area contributed by atoms with Crippen LogP contribution in [0.1, 0.15) is 58.4 Å². The summed E-state index contributed by atoms with van der Waals surface area (Å²) in [7, 11) is 4.15. The smallest absolute Gasteiger partial charge is 0.412 e. The molecule has 0 saturated carbocycles. The molecule has 0 radical (unpaired) electrons. The summed E-state index contributed by atoms with van der Waals surface area (Å²) in [6.45, 7) is 9.78. The number of nitrogens with one attached hydrogen (secondary N) is 1. The van der Waals surface area contributed by atoms with Gasteiger partial charge in [-0.25, -0.2) is 4.79 Å². The van der Waals surface area contributed by atoms with E-state index >= 15 is 0 Å². The summed E-state index contributed by atoms with van der Waals surface area (Å²) >= 11 is 0. The highest BCUT2D eigenvalue weighted by atomic mass is 16.6. The van der Waals surface area contributed by atoms with Crippen molar-refractivity contribution >= 4 is 12.1 Å². The van der Waals surface area contributed by atoms with E-state index < -0.39 is 12.1 Å². The number of rotatable bonds is 12. The topological polar surface area (TPSA) is 78.9 Å². The number of hydrogen-bond donors (Lipinski definition) is 2. The molecule has 3 atom stereocenters. The largest absolute Gasteiger partial charge is 0.481 e.